The lowest BCUT2D eigenvalue weighted by molar-refractivity contribution is -0.384. The van der Waals surface area contributed by atoms with Crippen molar-refractivity contribution < 1.29 is 9.72 Å². The van der Waals surface area contributed by atoms with Crippen LogP contribution < -0.4 is 10.7 Å². The summed E-state index contributed by atoms with van der Waals surface area (Å²) in [5.41, 5.74) is 3.20. The van der Waals surface area contributed by atoms with Crippen molar-refractivity contribution in [3.63, 3.8) is 0 Å². The Bertz CT molecular complexity index is 1460. The standard InChI is InChI=1S/C23H19N5O4S/c1-13-8-9-16(14(2)10-13)17-12-33-23(24-17)25-22(30)21-20(29)11-15(3)27(26-21)18-6-4-5-7-19(18)28(31)32/h4-12H,1-3H3,(H,24,25,30). The van der Waals surface area contributed by atoms with Crippen LogP contribution in [0.25, 0.3) is 16.9 Å². The smallest absolute Gasteiger partial charge is 0.294 e. The molecule has 0 saturated heterocycles. The summed E-state index contributed by atoms with van der Waals surface area (Å²) in [5.74, 6) is -0.742. The molecule has 33 heavy (non-hydrogen) atoms. The average molecular weight is 462 g/mol. The Morgan fingerprint density at radius 2 is 1.88 bits per heavy atom. The molecule has 0 spiro atoms. The van der Waals surface area contributed by atoms with E-state index >= 15 is 0 Å². The van der Waals surface area contributed by atoms with E-state index in [9.17, 15) is 19.7 Å². The lowest BCUT2D eigenvalue weighted by atomic mass is 10.0. The number of carbonyl (C=O) groups is 1. The first-order valence-electron chi connectivity index (χ1n) is 9.94. The van der Waals surface area contributed by atoms with Gasteiger partial charge in [-0.05, 0) is 32.4 Å². The third-order valence-corrected chi connectivity index (χ3v) is 5.77. The highest BCUT2D eigenvalue weighted by molar-refractivity contribution is 7.14. The van der Waals surface area contributed by atoms with Crippen LogP contribution in [0.3, 0.4) is 0 Å². The normalized spacial score (nSPS) is 10.8. The van der Waals surface area contributed by atoms with E-state index in [-0.39, 0.29) is 17.1 Å². The van der Waals surface area contributed by atoms with Crippen molar-refractivity contribution in [1.82, 2.24) is 14.8 Å². The predicted molar refractivity (Wildman–Crippen MR) is 126 cm³/mol. The van der Waals surface area contributed by atoms with E-state index in [1.54, 1.807) is 13.0 Å². The number of nitrogens with zero attached hydrogens (tertiary/aromatic N) is 4. The Labute approximate surface area is 192 Å². The van der Waals surface area contributed by atoms with Crippen LogP contribution in [0.2, 0.25) is 0 Å². The molecule has 1 amide bonds. The minimum atomic E-state index is -0.742. The van der Waals surface area contributed by atoms with Gasteiger partial charge in [0.1, 0.15) is 5.69 Å². The number of anilines is 1. The molecule has 166 valence electrons. The monoisotopic (exact) mass is 461 g/mol. The SMILES string of the molecule is Cc1ccc(-c2csc(NC(=O)c3nn(-c4ccccc4[N+](=O)[O-])c(C)cc3=O)n2)c(C)c1. The molecule has 0 saturated carbocycles. The fraction of sp³-hybridized carbons (Fsp3) is 0.130. The largest absolute Gasteiger partial charge is 0.296 e. The highest BCUT2D eigenvalue weighted by Gasteiger charge is 2.21. The number of thiazole rings is 1. The molecule has 2 heterocycles. The van der Waals surface area contributed by atoms with E-state index < -0.39 is 16.3 Å². The maximum Gasteiger partial charge on any atom is 0.294 e. The Morgan fingerprint density at radius 3 is 2.61 bits per heavy atom. The Hall–Kier alpha value is -4.18. The van der Waals surface area contributed by atoms with Gasteiger partial charge in [-0.1, -0.05) is 35.9 Å². The number of aryl methyl sites for hydroxylation is 3. The van der Waals surface area contributed by atoms with E-state index in [4.69, 9.17) is 0 Å². The molecule has 0 unspecified atom stereocenters. The number of nitrogens with one attached hydrogen (secondary N) is 1. The summed E-state index contributed by atoms with van der Waals surface area (Å²) in [4.78, 5) is 40.7. The maximum absolute atomic E-state index is 12.9. The Balaban J connectivity index is 1.66. The van der Waals surface area contributed by atoms with Gasteiger partial charge in [-0.15, -0.1) is 11.3 Å². The number of aromatic nitrogens is 3. The van der Waals surface area contributed by atoms with Crippen LogP contribution >= 0.6 is 11.3 Å². The lowest BCUT2D eigenvalue weighted by Gasteiger charge is -2.11. The zero-order valence-corrected chi connectivity index (χ0v) is 18.8. The van der Waals surface area contributed by atoms with Crippen LogP contribution in [-0.2, 0) is 0 Å². The van der Waals surface area contributed by atoms with Crippen molar-refractivity contribution in [1.29, 1.82) is 0 Å². The number of carbonyl (C=O) groups excluding carboxylic acids is 1. The van der Waals surface area contributed by atoms with Gasteiger partial charge in [0, 0.05) is 28.8 Å². The lowest BCUT2D eigenvalue weighted by Crippen LogP contribution is -2.27. The van der Waals surface area contributed by atoms with Crippen LogP contribution in [0.15, 0.2) is 58.7 Å². The first-order valence-corrected chi connectivity index (χ1v) is 10.8. The second-order valence-corrected chi connectivity index (χ2v) is 8.32. The van der Waals surface area contributed by atoms with Crippen LogP contribution in [0.4, 0.5) is 10.8 Å². The molecule has 0 aliphatic carbocycles. The summed E-state index contributed by atoms with van der Waals surface area (Å²) in [6.07, 6.45) is 0. The average Bonchev–Trinajstić information content (AvgIpc) is 3.21. The number of hydrogen-bond donors (Lipinski definition) is 1. The van der Waals surface area contributed by atoms with E-state index in [0.29, 0.717) is 16.5 Å². The third-order valence-electron chi connectivity index (χ3n) is 5.01. The van der Waals surface area contributed by atoms with Crippen molar-refractivity contribution in [3.05, 3.63) is 96.8 Å². The van der Waals surface area contributed by atoms with Gasteiger partial charge in [-0.3, -0.25) is 25.0 Å². The first kappa shape index (κ1) is 22.0. The number of para-hydroxylation sites is 2. The highest BCUT2D eigenvalue weighted by Crippen LogP contribution is 2.28. The molecule has 2 aromatic carbocycles. The van der Waals surface area contributed by atoms with Crippen LogP contribution in [0.1, 0.15) is 27.3 Å². The number of rotatable bonds is 5. The summed E-state index contributed by atoms with van der Waals surface area (Å²) in [7, 11) is 0. The van der Waals surface area contributed by atoms with Crippen molar-refractivity contribution in [3.8, 4) is 16.9 Å². The van der Waals surface area contributed by atoms with Crippen molar-refractivity contribution >= 4 is 28.1 Å². The summed E-state index contributed by atoms with van der Waals surface area (Å²) in [6, 6.07) is 13.2. The summed E-state index contributed by atoms with van der Waals surface area (Å²) < 4.78 is 1.22. The first-order chi connectivity index (χ1) is 15.7. The molecular formula is C23H19N5O4S. The quantitative estimate of drug-likeness (QED) is 0.346. The topological polar surface area (TPSA) is 120 Å². The number of hydrogen-bond acceptors (Lipinski definition) is 7. The maximum atomic E-state index is 12.9. The Morgan fingerprint density at radius 1 is 1.12 bits per heavy atom. The zero-order chi connectivity index (χ0) is 23.7. The summed E-state index contributed by atoms with van der Waals surface area (Å²) in [6.45, 7) is 5.58. The molecule has 0 radical (unpaired) electrons. The number of nitro benzene ring substituents is 1. The molecular weight excluding hydrogens is 442 g/mol. The minimum Gasteiger partial charge on any atom is -0.296 e. The van der Waals surface area contributed by atoms with Gasteiger partial charge in [0.25, 0.3) is 11.6 Å². The van der Waals surface area contributed by atoms with Gasteiger partial charge < -0.3 is 0 Å². The van der Waals surface area contributed by atoms with Gasteiger partial charge >= 0.3 is 0 Å². The van der Waals surface area contributed by atoms with E-state index in [0.717, 1.165) is 16.7 Å². The van der Waals surface area contributed by atoms with E-state index in [1.807, 2.05) is 37.4 Å². The molecule has 0 atom stereocenters. The number of amides is 1. The van der Waals surface area contributed by atoms with Crippen LogP contribution in [0.5, 0.6) is 0 Å². The van der Waals surface area contributed by atoms with Gasteiger partial charge in [0.05, 0.1) is 10.6 Å². The molecule has 4 aromatic rings. The van der Waals surface area contributed by atoms with Crippen molar-refractivity contribution in [2.45, 2.75) is 20.8 Å². The minimum absolute atomic E-state index is 0.153. The zero-order valence-electron chi connectivity index (χ0n) is 18.0. The van der Waals surface area contributed by atoms with E-state index in [2.05, 4.69) is 15.4 Å². The van der Waals surface area contributed by atoms with Gasteiger partial charge in [-0.2, -0.15) is 5.10 Å². The molecule has 10 heteroatoms. The molecule has 0 bridgehead atoms. The highest BCUT2D eigenvalue weighted by atomic mass is 32.1. The molecule has 0 aliphatic heterocycles. The molecule has 1 N–H and O–H groups in total. The molecule has 4 rings (SSSR count). The molecule has 0 fully saturated rings. The van der Waals surface area contributed by atoms with Gasteiger partial charge in [0.15, 0.2) is 10.8 Å². The van der Waals surface area contributed by atoms with Crippen LogP contribution in [0, 0.1) is 30.9 Å². The second kappa shape index (κ2) is 8.75. The molecule has 2 aromatic heterocycles. The fourth-order valence-electron chi connectivity index (χ4n) is 3.46. The fourth-order valence-corrected chi connectivity index (χ4v) is 4.16. The molecule has 0 aliphatic rings. The number of nitro groups is 1. The number of benzene rings is 2. The summed E-state index contributed by atoms with van der Waals surface area (Å²) >= 11 is 1.23. The predicted octanol–water partition coefficient (Wildman–Crippen LogP) is 4.44. The van der Waals surface area contributed by atoms with E-state index in [1.165, 1.54) is 40.3 Å². The Kier molecular flexibility index (Phi) is 5.84. The van der Waals surface area contributed by atoms with Crippen molar-refractivity contribution in [2.24, 2.45) is 0 Å². The van der Waals surface area contributed by atoms with Crippen LogP contribution in [-0.4, -0.2) is 25.6 Å². The van der Waals surface area contributed by atoms with Gasteiger partial charge in [0.2, 0.25) is 5.43 Å². The third kappa shape index (κ3) is 4.41. The second-order valence-electron chi connectivity index (χ2n) is 7.47. The molecule has 9 nitrogen and oxygen atoms in total. The summed E-state index contributed by atoms with van der Waals surface area (Å²) in [5, 5.41) is 20.3. The van der Waals surface area contributed by atoms with Gasteiger partial charge in [-0.25, -0.2) is 9.67 Å². The van der Waals surface area contributed by atoms with Crippen molar-refractivity contribution in [2.75, 3.05) is 5.32 Å².